The van der Waals surface area contributed by atoms with E-state index in [-0.39, 0.29) is 6.61 Å². The average molecular weight is 216 g/mol. The van der Waals surface area contributed by atoms with Gasteiger partial charge in [0.15, 0.2) is 0 Å². The minimum absolute atomic E-state index is 0.0615. The molecule has 1 aromatic carbocycles. The number of benzene rings is 1. The van der Waals surface area contributed by atoms with E-state index < -0.39 is 5.54 Å². The van der Waals surface area contributed by atoms with E-state index in [1.54, 1.807) is 0 Å². The molecule has 0 fully saturated rings. The van der Waals surface area contributed by atoms with E-state index in [2.05, 4.69) is 17.1 Å². The first kappa shape index (κ1) is 9.87. The van der Waals surface area contributed by atoms with Crippen molar-refractivity contribution in [3.05, 3.63) is 35.5 Å². The van der Waals surface area contributed by atoms with Crippen LogP contribution in [0.5, 0.6) is 0 Å². The van der Waals surface area contributed by atoms with Gasteiger partial charge in [0.25, 0.3) is 0 Å². The average Bonchev–Trinajstić information content (AvgIpc) is 2.67. The maximum Gasteiger partial charge on any atom is 0.0614 e. The van der Waals surface area contributed by atoms with E-state index in [9.17, 15) is 5.11 Å². The zero-order chi connectivity index (χ0) is 11.2. The van der Waals surface area contributed by atoms with Crippen LogP contribution in [0.2, 0.25) is 0 Å². The van der Waals surface area contributed by atoms with Gasteiger partial charge in [-0.3, -0.25) is 0 Å². The Labute approximate surface area is 94.3 Å². The number of aromatic nitrogens is 1. The van der Waals surface area contributed by atoms with Crippen molar-refractivity contribution in [3.8, 4) is 0 Å². The first-order valence-electron chi connectivity index (χ1n) is 5.70. The van der Waals surface area contributed by atoms with Gasteiger partial charge in [-0.2, -0.15) is 0 Å². The quantitative estimate of drug-likeness (QED) is 0.673. The number of hydrogen-bond donors (Lipinski definition) is 3. The minimum Gasteiger partial charge on any atom is -0.394 e. The van der Waals surface area contributed by atoms with Gasteiger partial charge in [-0.15, -0.1) is 0 Å². The zero-order valence-corrected chi connectivity index (χ0v) is 9.16. The van der Waals surface area contributed by atoms with Crippen LogP contribution in [0.4, 0.5) is 0 Å². The molecular formula is C13H16N2O. The van der Waals surface area contributed by atoms with Crippen molar-refractivity contribution in [2.75, 3.05) is 6.61 Å². The highest BCUT2D eigenvalue weighted by atomic mass is 16.3. The molecule has 3 heteroatoms. The number of aliphatic hydroxyl groups is 1. The summed E-state index contributed by atoms with van der Waals surface area (Å²) in [4.78, 5) is 3.44. The molecule has 0 spiro atoms. The Balaban J connectivity index is 2.15. The Bertz CT molecular complexity index is 532. The van der Waals surface area contributed by atoms with Gasteiger partial charge in [0.1, 0.15) is 0 Å². The van der Waals surface area contributed by atoms with Crippen LogP contribution in [0, 0.1) is 0 Å². The Morgan fingerprint density at radius 3 is 3.00 bits per heavy atom. The lowest BCUT2D eigenvalue weighted by molar-refractivity contribution is 0.181. The van der Waals surface area contributed by atoms with Crippen LogP contribution in [0.3, 0.4) is 0 Å². The van der Waals surface area contributed by atoms with E-state index >= 15 is 0 Å². The van der Waals surface area contributed by atoms with Crippen molar-refractivity contribution in [2.24, 2.45) is 5.73 Å². The summed E-state index contributed by atoms with van der Waals surface area (Å²) in [5.41, 5.74) is 9.48. The summed E-state index contributed by atoms with van der Waals surface area (Å²) in [6, 6.07) is 8.28. The van der Waals surface area contributed by atoms with Crippen molar-refractivity contribution in [1.29, 1.82) is 0 Å². The molecule has 0 bridgehead atoms. The number of aryl methyl sites for hydroxylation is 1. The van der Waals surface area contributed by atoms with Gasteiger partial charge in [-0.25, -0.2) is 0 Å². The molecule has 1 aromatic heterocycles. The predicted octanol–water partition coefficient (Wildman–Crippen LogP) is 1.35. The molecule has 1 aliphatic carbocycles. The second kappa shape index (κ2) is 3.34. The fourth-order valence-corrected chi connectivity index (χ4v) is 2.62. The second-order valence-corrected chi connectivity index (χ2v) is 4.82. The van der Waals surface area contributed by atoms with Crippen molar-refractivity contribution in [1.82, 2.24) is 4.98 Å². The van der Waals surface area contributed by atoms with Crippen LogP contribution in [0.15, 0.2) is 24.3 Å². The molecule has 3 rings (SSSR count). The molecule has 1 aliphatic rings. The first-order chi connectivity index (χ1) is 7.72. The third-order valence-corrected chi connectivity index (χ3v) is 3.62. The highest BCUT2D eigenvalue weighted by Gasteiger charge is 2.31. The molecule has 3 nitrogen and oxygen atoms in total. The lowest BCUT2D eigenvalue weighted by Gasteiger charge is -2.31. The third kappa shape index (κ3) is 1.36. The maximum absolute atomic E-state index is 9.35. The summed E-state index contributed by atoms with van der Waals surface area (Å²) in [5.74, 6) is 0. The Morgan fingerprint density at radius 2 is 2.19 bits per heavy atom. The smallest absolute Gasteiger partial charge is 0.0614 e. The number of aromatic amines is 1. The van der Waals surface area contributed by atoms with Crippen molar-refractivity contribution < 1.29 is 5.11 Å². The summed E-state index contributed by atoms with van der Waals surface area (Å²) in [6.45, 7) is 0.0615. The normalized spacial score (nSPS) is 24.6. The topological polar surface area (TPSA) is 62.0 Å². The number of fused-ring (bicyclic) bond motifs is 3. The van der Waals surface area contributed by atoms with Gasteiger partial charge < -0.3 is 15.8 Å². The summed E-state index contributed by atoms with van der Waals surface area (Å²) in [6.07, 6.45) is 2.55. The number of nitrogens with one attached hydrogen (secondary N) is 1. The third-order valence-electron chi connectivity index (χ3n) is 3.62. The molecule has 0 saturated heterocycles. The molecule has 4 N–H and O–H groups in total. The fraction of sp³-hybridized carbons (Fsp3) is 0.385. The van der Waals surface area contributed by atoms with Crippen LogP contribution >= 0.6 is 0 Å². The number of para-hydroxylation sites is 1. The van der Waals surface area contributed by atoms with Crippen LogP contribution in [0.1, 0.15) is 17.7 Å². The number of rotatable bonds is 1. The zero-order valence-electron chi connectivity index (χ0n) is 9.16. The number of H-pyrrole nitrogens is 1. The van der Waals surface area contributed by atoms with Crippen molar-refractivity contribution in [3.63, 3.8) is 0 Å². The Morgan fingerprint density at radius 1 is 1.38 bits per heavy atom. The molecule has 1 atom stereocenters. The lowest BCUT2D eigenvalue weighted by Crippen LogP contribution is -2.48. The number of aliphatic hydroxyl groups excluding tert-OH is 1. The molecular weight excluding hydrogens is 200 g/mol. The summed E-state index contributed by atoms with van der Waals surface area (Å²) >= 11 is 0. The van der Waals surface area contributed by atoms with Gasteiger partial charge >= 0.3 is 0 Å². The van der Waals surface area contributed by atoms with Crippen molar-refractivity contribution >= 4 is 10.9 Å². The van der Waals surface area contributed by atoms with Gasteiger partial charge in [0.05, 0.1) is 6.61 Å². The van der Waals surface area contributed by atoms with Crippen LogP contribution < -0.4 is 5.73 Å². The van der Waals surface area contributed by atoms with Gasteiger partial charge in [-0.05, 0) is 30.9 Å². The van der Waals surface area contributed by atoms with Gasteiger partial charge in [-0.1, -0.05) is 18.2 Å². The van der Waals surface area contributed by atoms with E-state index in [4.69, 9.17) is 5.73 Å². The first-order valence-corrected chi connectivity index (χ1v) is 5.70. The monoisotopic (exact) mass is 216 g/mol. The van der Waals surface area contributed by atoms with Crippen LogP contribution in [-0.2, 0) is 12.8 Å². The number of nitrogens with two attached hydrogens (primary N) is 1. The van der Waals surface area contributed by atoms with Gasteiger partial charge in [0.2, 0.25) is 0 Å². The molecule has 0 radical (unpaired) electrons. The summed E-state index contributed by atoms with van der Waals surface area (Å²) in [5, 5.41) is 10.6. The van der Waals surface area contributed by atoms with Crippen LogP contribution in [0.25, 0.3) is 10.9 Å². The lowest BCUT2D eigenvalue weighted by atomic mass is 9.81. The largest absolute Gasteiger partial charge is 0.394 e. The SMILES string of the molecule is N[C@@]1(CO)CCc2[nH]c3ccccc3c2C1. The highest BCUT2D eigenvalue weighted by molar-refractivity contribution is 5.85. The minimum atomic E-state index is -0.433. The maximum atomic E-state index is 9.35. The van der Waals surface area contributed by atoms with E-state index in [1.807, 2.05) is 12.1 Å². The molecule has 16 heavy (non-hydrogen) atoms. The highest BCUT2D eigenvalue weighted by Crippen LogP contribution is 2.32. The molecule has 0 saturated carbocycles. The van der Waals surface area contributed by atoms with Crippen LogP contribution in [-0.4, -0.2) is 22.2 Å². The summed E-state index contributed by atoms with van der Waals surface area (Å²) < 4.78 is 0. The van der Waals surface area contributed by atoms with Gasteiger partial charge in [0, 0.05) is 22.1 Å². The fourth-order valence-electron chi connectivity index (χ4n) is 2.62. The predicted molar refractivity (Wildman–Crippen MR) is 64.3 cm³/mol. The van der Waals surface area contributed by atoms with E-state index in [1.165, 1.54) is 22.2 Å². The number of hydrogen-bond acceptors (Lipinski definition) is 2. The van der Waals surface area contributed by atoms with Crippen molar-refractivity contribution in [2.45, 2.75) is 24.8 Å². The molecule has 0 aliphatic heterocycles. The molecule has 84 valence electrons. The molecule has 0 unspecified atom stereocenters. The molecule has 1 heterocycles. The molecule has 2 aromatic rings. The molecule has 0 amide bonds. The Kier molecular flexibility index (Phi) is 2.06. The Hall–Kier alpha value is -1.32. The summed E-state index contributed by atoms with van der Waals surface area (Å²) in [7, 11) is 0. The van der Waals surface area contributed by atoms with E-state index in [0.29, 0.717) is 0 Å². The standard InChI is InChI=1S/C13H16N2O/c14-13(8-16)6-5-12-10(7-13)9-3-1-2-4-11(9)15-12/h1-4,15-16H,5-8,14H2/t13-/m0/s1. The van der Waals surface area contributed by atoms with E-state index in [0.717, 1.165) is 19.3 Å². The second-order valence-electron chi connectivity index (χ2n) is 4.82.